The SMILES string of the molecule is CC1(C)CN(CC(=O)NC2CCC(=O)CC2)[C@H](C(=O)Nc2cc(Cl)cc3c2[nH]c2cnccc23)CO1. The predicted octanol–water partition coefficient (Wildman–Crippen LogP) is 3.42. The molecule has 2 amide bonds. The average molecular weight is 512 g/mol. The Morgan fingerprint density at radius 1 is 1.25 bits per heavy atom. The number of carbonyl (C=O) groups excluding carboxylic acids is 3. The third kappa shape index (κ3) is 5.23. The highest BCUT2D eigenvalue weighted by molar-refractivity contribution is 6.33. The van der Waals surface area contributed by atoms with Gasteiger partial charge in [-0.25, -0.2) is 0 Å². The summed E-state index contributed by atoms with van der Waals surface area (Å²) in [6.45, 7) is 4.53. The molecule has 0 radical (unpaired) electrons. The number of nitrogens with one attached hydrogen (secondary N) is 3. The molecule has 10 heteroatoms. The molecule has 1 saturated heterocycles. The molecule has 3 heterocycles. The van der Waals surface area contributed by atoms with E-state index in [0.717, 1.165) is 21.8 Å². The normalized spacial score (nSPS) is 21.1. The fourth-order valence-electron chi connectivity index (χ4n) is 5.14. The Morgan fingerprint density at radius 2 is 2.03 bits per heavy atom. The van der Waals surface area contributed by atoms with E-state index in [9.17, 15) is 14.4 Å². The number of Topliss-reactive ketones (excluding diaryl/α,β-unsaturated/α-hetero) is 1. The first-order valence-corrected chi connectivity index (χ1v) is 12.6. The molecule has 0 unspecified atom stereocenters. The van der Waals surface area contributed by atoms with Gasteiger partial charge < -0.3 is 20.4 Å². The highest BCUT2D eigenvalue weighted by atomic mass is 35.5. The van der Waals surface area contributed by atoms with Crippen LogP contribution in [0.25, 0.3) is 21.8 Å². The summed E-state index contributed by atoms with van der Waals surface area (Å²) >= 11 is 6.40. The molecule has 3 aromatic rings. The van der Waals surface area contributed by atoms with E-state index in [1.165, 1.54) is 0 Å². The Hall–Kier alpha value is -3.01. The largest absolute Gasteiger partial charge is 0.372 e. The van der Waals surface area contributed by atoms with Crippen LogP contribution in [0.3, 0.4) is 0 Å². The monoisotopic (exact) mass is 511 g/mol. The van der Waals surface area contributed by atoms with Crippen molar-refractivity contribution in [2.24, 2.45) is 0 Å². The minimum atomic E-state index is -0.656. The van der Waals surface area contributed by atoms with Crippen molar-refractivity contribution in [3.63, 3.8) is 0 Å². The highest BCUT2D eigenvalue weighted by Crippen LogP contribution is 2.33. The first-order valence-electron chi connectivity index (χ1n) is 12.2. The number of nitrogens with zero attached hydrogens (tertiary/aromatic N) is 2. The molecule has 1 aromatic carbocycles. The van der Waals surface area contributed by atoms with Gasteiger partial charge in [0.1, 0.15) is 11.8 Å². The first kappa shape index (κ1) is 24.7. The van der Waals surface area contributed by atoms with E-state index < -0.39 is 11.6 Å². The summed E-state index contributed by atoms with van der Waals surface area (Å²) < 4.78 is 5.96. The number of hydrogen-bond acceptors (Lipinski definition) is 6. The number of halogens is 1. The van der Waals surface area contributed by atoms with Gasteiger partial charge in [-0.2, -0.15) is 0 Å². The highest BCUT2D eigenvalue weighted by Gasteiger charge is 2.39. The summed E-state index contributed by atoms with van der Waals surface area (Å²) in [4.78, 5) is 47.2. The molecule has 2 fully saturated rings. The van der Waals surface area contributed by atoms with E-state index in [0.29, 0.717) is 42.9 Å². The van der Waals surface area contributed by atoms with Gasteiger partial charge in [-0.15, -0.1) is 0 Å². The molecule has 1 aliphatic carbocycles. The lowest BCUT2D eigenvalue weighted by Crippen LogP contribution is -2.60. The van der Waals surface area contributed by atoms with E-state index in [4.69, 9.17) is 16.3 Å². The molecule has 1 saturated carbocycles. The standard InChI is InChI=1S/C26H30ClN5O4/c1-26(2)14-32(12-23(34)29-16-3-5-17(33)6-4-16)22(13-36-26)25(35)31-20-10-15(27)9-19-18-7-8-28-11-21(18)30-24(19)20/h7-11,16,22,30H,3-6,12-14H2,1-2H3,(H,29,34)(H,31,35)/t22-/m0/s1. The zero-order valence-electron chi connectivity index (χ0n) is 20.4. The maximum Gasteiger partial charge on any atom is 0.244 e. The van der Waals surface area contributed by atoms with Crippen LogP contribution in [-0.4, -0.2) is 69.8 Å². The topological polar surface area (TPSA) is 116 Å². The minimum Gasteiger partial charge on any atom is -0.372 e. The molecule has 36 heavy (non-hydrogen) atoms. The van der Waals surface area contributed by atoms with Gasteiger partial charge >= 0.3 is 0 Å². The van der Waals surface area contributed by atoms with Crippen molar-refractivity contribution in [2.75, 3.05) is 25.0 Å². The lowest BCUT2D eigenvalue weighted by atomic mass is 9.94. The minimum absolute atomic E-state index is 0.00669. The summed E-state index contributed by atoms with van der Waals surface area (Å²) in [5.41, 5.74) is 1.65. The number of ether oxygens (including phenoxy) is 1. The van der Waals surface area contributed by atoms with Gasteiger partial charge in [0.05, 0.1) is 41.7 Å². The number of anilines is 1. The number of ketones is 1. The Labute approximate surface area is 213 Å². The van der Waals surface area contributed by atoms with Crippen molar-refractivity contribution in [1.82, 2.24) is 20.2 Å². The number of hydrogen-bond donors (Lipinski definition) is 3. The zero-order chi connectivity index (χ0) is 25.4. The zero-order valence-corrected chi connectivity index (χ0v) is 21.2. The van der Waals surface area contributed by atoms with Crippen LogP contribution in [-0.2, 0) is 19.1 Å². The molecule has 2 aromatic heterocycles. The summed E-state index contributed by atoms with van der Waals surface area (Å²) in [7, 11) is 0. The van der Waals surface area contributed by atoms with Crippen molar-refractivity contribution in [2.45, 2.75) is 57.2 Å². The van der Waals surface area contributed by atoms with Crippen molar-refractivity contribution in [1.29, 1.82) is 0 Å². The maximum atomic E-state index is 13.5. The smallest absolute Gasteiger partial charge is 0.244 e. The van der Waals surface area contributed by atoms with Crippen LogP contribution in [0.5, 0.6) is 0 Å². The number of amides is 2. The molecular weight excluding hydrogens is 482 g/mol. The number of pyridine rings is 1. The summed E-state index contributed by atoms with van der Waals surface area (Å²) in [5.74, 6) is -0.187. The third-order valence-corrected chi connectivity index (χ3v) is 7.16. The second-order valence-electron chi connectivity index (χ2n) is 10.3. The number of rotatable bonds is 5. The number of benzene rings is 1. The van der Waals surface area contributed by atoms with E-state index in [1.807, 2.05) is 30.9 Å². The number of H-pyrrole nitrogens is 1. The number of fused-ring (bicyclic) bond motifs is 3. The summed E-state index contributed by atoms with van der Waals surface area (Å²) in [6, 6.07) is 4.80. The summed E-state index contributed by atoms with van der Waals surface area (Å²) in [5, 5.41) is 8.39. The molecule has 5 rings (SSSR count). The van der Waals surface area contributed by atoms with Gasteiger partial charge in [0.25, 0.3) is 0 Å². The Bertz CT molecular complexity index is 1330. The van der Waals surface area contributed by atoms with Gasteiger partial charge in [0, 0.05) is 47.4 Å². The van der Waals surface area contributed by atoms with Crippen LogP contribution in [0.15, 0.2) is 30.6 Å². The van der Waals surface area contributed by atoms with Gasteiger partial charge in [-0.05, 0) is 44.9 Å². The van der Waals surface area contributed by atoms with Crippen LogP contribution in [0, 0.1) is 0 Å². The van der Waals surface area contributed by atoms with Gasteiger partial charge in [-0.1, -0.05) is 11.6 Å². The first-order chi connectivity index (χ1) is 17.2. The maximum absolute atomic E-state index is 13.5. The van der Waals surface area contributed by atoms with Crippen LogP contribution < -0.4 is 10.6 Å². The molecule has 9 nitrogen and oxygen atoms in total. The second kappa shape index (κ2) is 9.80. The molecule has 2 aliphatic rings. The molecule has 190 valence electrons. The molecule has 0 spiro atoms. The third-order valence-electron chi connectivity index (χ3n) is 6.95. The van der Waals surface area contributed by atoms with E-state index >= 15 is 0 Å². The van der Waals surface area contributed by atoms with Gasteiger partial charge in [0.15, 0.2) is 0 Å². The molecule has 1 atom stereocenters. The molecular formula is C26H30ClN5O4. The fourth-order valence-corrected chi connectivity index (χ4v) is 5.35. The van der Waals surface area contributed by atoms with Crippen molar-refractivity contribution in [3.8, 4) is 0 Å². The molecule has 3 N–H and O–H groups in total. The van der Waals surface area contributed by atoms with E-state index in [2.05, 4.69) is 20.6 Å². The van der Waals surface area contributed by atoms with Crippen LogP contribution in [0.1, 0.15) is 39.5 Å². The van der Waals surface area contributed by atoms with Crippen LogP contribution >= 0.6 is 11.6 Å². The van der Waals surface area contributed by atoms with Crippen LogP contribution in [0.2, 0.25) is 5.02 Å². The van der Waals surface area contributed by atoms with Crippen molar-refractivity contribution < 1.29 is 19.1 Å². The number of aromatic nitrogens is 2. The molecule has 1 aliphatic heterocycles. The number of carbonyl (C=O) groups is 3. The van der Waals surface area contributed by atoms with Crippen LogP contribution in [0.4, 0.5) is 5.69 Å². The fraction of sp³-hybridized carbons (Fsp3) is 0.462. The molecule has 0 bridgehead atoms. The van der Waals surface area contributed by atoms with Crippen molar-refractivity contribution in [3.05, 3.63) is 35.6 Å². The van der Waals surface area contributed by atoms with Gasteiger partial charge in [-0.3, -0.25) is 24.3 Å². The second-order valence-corrected chi connectivity index (χ2v) is 10.7. The lowest BCUT2D eigenvalue weighted by Gasteiger charge is -2.42. The lowest BCUT2D eigenvalue weighted by molar-refractivity contribution is -0.147. The van der Waals surface area contributed by atoms with Gasteiger partial charge in [0.2, 0.25) is 11.8 Å². The van der Waals surface area contributed by atoms with Crippen molar-refractivity contribution >= 4 is 56.7 Å². The Balaban J connectivity index is 1.34. The van der Waals surface area contributed by atoms with E-state index in [1.54, 1.807) is 18.5 Å². The number of morpholine rings is 1. The number of aromatic amines is 1. The predicted molar refractivity (Wildman–Crippen MR) is 138 cm³/mol. The van der Waals surface area contributed by atoms with E-state index in [-0.39, 0.29) is 36.8 Å². The quantitative estimate of drug-likeness (QED) is 0.483. The average Bonchev–Trinajstić information content (AvgIpc) is 3.19. The summed E-state index contributed by atoms with van der Waals surface area (Å²) in [6.07, 6.45) is 5.76. The Morgan fingerprint density at radius 3 is 2.81 bits per heavy atom. The Kier molecular flexibility index (Phi) is 6.72.